The van der Waals surface area contributed by atoms with Gasteiger partial charge in [0.15, 0.2) is 5.78 Å². The lowest BCUT2D eigenvalue weighted by Crippen LogP contribution is -2.48. The van der Waals surface area contributed by atoms with Gasteiger partial charge in [-0.2, -0.15) is 13.2 Å². The van der Waals surface area contributed by atoms with Crippen molar-refractivity contribution in [2.45, 2.75) is 6.18 Å². The summed E-state index contributed by atoms with van der Waals surface area (Å²) in [6, 6.07) is 10.9. The number of ketones is 1. The minimum atomic E-state index is -4.43. The fourth-order valence-electron chi connectivity index (χ4n) is 4.90. The molecule has 35 heavy (non-hydrogen) atoms. The van der Waals surface area contributed by atoms with Gasteiger partial charge >= 0.3 is 6.18 Å². The van der Waals surface area contributed by atoms with Crippen molar-refractivity contribution < 1.29 is 18.0 Å². The molecule has 1 aromatic heterocycles. The Hall–Kier alpha value is -2.55. The number of hydrogen-bond donors (Lipinski definition) is 0. The van der Waals surface area contributed by atoms with Gasteiger partial charge in [0.1, 0.15) is 0 Å². The molecule has 0 bridgehead atoms. The number of pyridine rings is 1. The van der Waals surface area contributed by atoms with Crippen LogP contribution in [0, 0.1) is 5.92 Å². The van der Waals surface area contributed by atoms with Crippen LogP contribution >= 0.6 is 23.2 Å². The second-order valence-electron chi connectivity index (χ2n) is 8.96. The van der Waals surface area contributed by atoms with Crippen LogP contribution in [-0.4, -0.2) is 61.5 Å². The Bertz CT molecular complexity index is 1260. The highest BCUT2D eigenvalue weighted by atomic mass is 35.5. The molecule has 0 spiro atoms. The largest absolute Gasteiger partial charge is 0.416 e. The number of carbonyl (C=O) groups excluding carboxylic acids is 1. The molecule has 0 N–H and O–H groups in total. The molecule has 1 atom stereocenters. The highest BCUT2D eigenvalue weighted by Gasteiger charge is 2.35. The summed E-state index contributed by atoms with van der Waals surface area (Å²) in [5, 5.41) is 1.69. The topological polar surface area (TPSA) is 39.7 Å². The lowest BCUT2D eigenvalue weighted by molar-refractivity contribution is -0.137. The van der Waals surface area contributed by atoms with Gasteiger partial charge in [-0.15, -0.1) is 0 Å². The van der Waals surface area contributed by atoms with Crippen molar-refractivity contribution >= 4 is 51.3 Å². The van der Waals surface area contributed by atoms with Gasteiger partial charge in [0, 0.05) is 62.5 Å². The molecule has 3 aromatic rings. The van der Waals surface area contributed by atoms with E-state index in [9.17, 15) is 18.0 Å². The molecule has 2 aromatic carbocycles. The number of fused-ring (bicyclic) bond motifs is 1. The molecule has 2 aliphatic rings. The number of rotatable bonds is 4. The third kappa shape index (κ3) is 4.92. The van der Waals surface area contributed by atoms with E-state index < -0.39 is 11.7 Å². The minimum absolute atomic E-state index is 0.141. The van der Waals surface area contributed by atoms with Crippen LogP contribution in [0.5, 0.6) is 0 Å². The van der Waals surface area contributed by atoms with Gasteiger partial charge in [0.25, 0.3) is 0 Å². The first-order chi connectivity index (χ1) is 16.7. The Morgan fingerprint density at radius 1 is 0.971 bits per heavy atom. The summed E-state index contributed by atoms with van der Waals surface area (Å²) >= 11 is 12.5. The first kappa shape index (κ1) is 24.2. The van der Waals surface area contributed by atoms with Crippen molar-refractivity contribution in [2.75, 3.05) is 55.6 Å². The van der Waals surface area contributed by atoms with Gasteiger partial charge in [-0.25, -0.2) is 0 Å². The van der Waals surface area contributed by atoms with E-state index in [2.05, 4.69) is 14.8 Å². The molecule has 2 saturated heterocycles. The standard InChI is InChI=1S/C25H23Cl2F3N4O/c26-19-2-1-3-22(24(19)27)33-10-8-32(9-11-33)13-16-14-34(15-23(16)35)21-6-7-31-20-12-17(25(28,29)30)4-5-18(20)21/h1-7,12,16H,8-11,13-15H2. The average molecular weight is 523 g/mol. The zero-order valence-electron chi connectivity index (χ0n) is 18.7. The highest BCUT2D eigenvalue weighted by molar-refractivity contribution is 6.43. The molecule has 2 fully saturated rings. The van der Waals surface area contributed by atoms with Gasteiger partial charge in [0.05, 0.1) is 33.4 Å². The van der Waals surface area contributed by atoms with Gasteiger partial charge in [-0.1, -0.05) is 35.3 Å². The van der Waals surface area contributed by atoms with E-state index in [4.69, 9.17) is 23.2 Å². The van der Waals surface area contributed by atoms with Crippen molar-refractivity contribution in [1.82, 2.24) is 9.88 Å². The molecule has 0 saturated carbocycles. The first-order valence-corrected chi connectivity index (χ1v) is 12.1. The Morgan fingerprint density at radius 3 is 2.49 bits per heavy atom. The van der Waals surface area contributed by atoms with Crippen LogP contribution in [-0.2, 0) is 11.0 Å². The van der Waals surface area contributed by atoms with Crippen LogP contribution in [0.25, 0.3) is 10.9 Å². The van der Waals surface area contributed by atoms with Crippen molar-refractivity contribution in [1.29, 1.82) is 0 Å². The number of alkyl halides is 3. The Kier molecular flexibility index (Phi) is 6.55. The molecule has 184 valence electrons. The van der Waals surface area contributed by atoms with Crippen LogP contribution in [0.3, 0.4) is 0 Å². The van der Waals surface area contributed by atoms with Crippen LogP contribution in [0.4, 0.5) is 24.5 Å². The second kappa shape index (κ2) is 9.48. The van der Waals surface area contributed by atoms with E-state index in [0.29, 0.717) is 28.5 Å². The van der Waals surface area contributed by atoms with Crippen molar-refractivity contribution in [3.8, 4) is 0 Å². The van der Waals surface area contributed by atoms with Crippen LogP contribution in [0.2, 0.25) is 10.0 Å². The lowest BCUT2D eigenvalue weighted by Gasteiger charge is -2.37. The van der Waals surface area contributed by atoms with Gasteiger partial charge < -0.3 is 9.80 Å². The highest BCUT2D eigenvalue weighted by Crippen LogP contribution is 2.35. The molecule has 0 amide bonds. The van der Waals surface area contributed by atoms with Gasteiger partial charge in [-0.3, -0.25) is 14.7 Å². The SMILES string of the molecule is O=C1CN(c2ccnc3cc(C(F)(F)F)ccc23)CC1CN1CCN(c2cccc(Cl)c2Cl)CC1. The normalized spacial score (nSPS) is 19.7. The minimum Gasteiger partial charge on any atom is -0.368 e. The summed E-state index contributed by atoms with van der Waals surface area (Å²) in [4.78, 5) is 23.4. The van der Waals surface area contributed by atoms with Crippen molar-refractivity contribution in [2.24, 2.45) is 5.92 Å². The van der Waals surface area contributed by atoms with Crippen LogP contribution < -0.4 is 9.80 Å². The zero-order valence-corrected chi connectivity index (χ0v) is 20.2. The summed E-state index contributed by atoms with van der Waals surface area (Å²) in [6.07, 6.45) is -2.93. The molecule has 10 heteroatoms. The fourth-order valence-corrected chi connectivity index (χ4v) is 5.31. The average Bonchev–Trinajstić information content (AvgIpc) is 3.20. The van der Waals surface area contributed by atoms with E-state index in [1.54, 1.807) is 12.1 Å². The van der Waals surface area contributed by atoms with Gasteiger partial charge in [0.2, 0.25) is 0 Å². The Morgan fingerprint density at radius 2 is 1.74 bits per heavy atom. The molecular weight excluding hydrogens is 500 g/mol. The Labute approximate surface area is 211 Å². The lowest BCUT2D eigenvalue weighted by atomic mass is 10.1. The van der Waals surface area contributed by atoms with Gasteiger partial charge in [-0.05, 0) is 30.3 Å². The molecule has 0 aliphatic carbocycles. The number of carbonyl (C=O) groups is 1. The quantitative estimate of drug-likeness (QED) is 0.459. The number of piperazine rings is 1. The summed E-state index contributed by atoms with van der Waals surface area (Å²) < 4.78 is 39.3. The second-order valence-corrected chi connectivity index (χ2v) is 9.75. The molecule has 1 unspecified atom stereocenters. The third-order valence-corrected chi connectivity index (χ3v) is 7.56. The number of nitrogens with zero attached hydrogens (tertiary/aromatic N) is 4. The predicted molar refractivity (Wildman–Crippen MR) is 133 cm³/mol. The number of hydrogen-bond acceptors (Lipinski definition) is 5. The molecule has 3 heterocycles. The monoisotopic (exact) mass is 522 g/mol. The number of anilines is 2. The van der Waals surface area contributed by atoms with E-state index in [1.165, 1.54) is 12.3 Å². The molecule has 0 radical (unpaired) electrons. The molecular formula is C25H23Cl2F3N4O. The maximum Gasteiger partial charge on any atom is 0.416 e. The van der Waals surface area contributed by atoms with Crippen molar-refractivity contribution in [3.05, 3.63) is 64.3 Å². The number of halogens is 5. The molecule has 5 rings (SSSR count). The zero-order chi connectivity index (χ0) is 24.7. The maximum atomic E-state index is 13.1. The molecule has 5 nitrogen and oxygen atoms in total. The predicted octanol–water partition coefficient (Wildman–Crippen LogP) is 5.39. The number of Topliss-reactive ketones (excluding diaryl/α,β-unsaturated/α-hetero) is 1. The smallest absolute Gasteiger partial charge is 0.368 e. The van der Waals surface area contributed by atoms with Crippen LogP contribution in [0.1, 0.15) is 5.56 Å². The van der Waals surface area contributed by atoms with Crippen LogP contribution in [0.15, 0.2) is 48.7 Å². The van der Waals surface area contributed by atoms with E-state index in [-0.39, 0.29) is 23.8 Å². The van der Waals surface area contributed by atoms with E-state index in [1.807, 2.05) is 17.0 Å². The Balaban J connectivity index is 1.25. The molecule has 2 aliphatic heterocycles. The third-order valence-electron chi connectivity index (χ3n) is 6.75. The summed E-state index contributed by atoms with van der Waals surface area (Å²) in [5.74, 6) is -0.0174. The number of aromatic nitrogens is 1. The van der Waals surface area contributed by atoms with E-state index in [0.717, 1.165) is 49.7 Å². The fraction of sp³-hybridized carbons (Fsp3) is 0.360. The summed E-state index contributed by atoms with van der Waals surface area (Å²) in [6.45, 7) is 4.56. The maximum absolute atomic E-state index is 13.1. The van der Waals surface area contributed by atoms with E-state index >= 15 is 0 Å². The summed E-state index contributed by atoms with van der Waals surface area (Å²) in [7, 11) is 0. The first-order valence-electron chi connectivity index (χ1n) is 11.4. The van der Waals surface area contributed by atoms with Crippen molar-refractivity contribution in [3.63, 3.8) is 0 Å². The number of benzene rings is 2. The summed E-state index contributed by atoms with van der Waals surface area (Å²) in [5.41, 5.74) is 1.19.